The first-order valence-electron chi connectivity index (χ1n) is 7.90. The van der Waals surface area contributed by atoms with Crippen molar-refractivity contribution < 1.29 is 9.52 Å². The Balaban J connectivity index is 1.72. The quantitative estimate of drug-likeness (QED) is 0.785. The number of hydrogen-bond acceptors (Lipinski definition) is 2. The Morgan fingerprint density at radius 1 is 1.15 bits per heavy atom. The molecule has 1 N–H and O–H groups in total. The van der Waals surface area contributed by atoms with Crippen LogP contribution < -0.4 is 0 Å². The van der Waals surface area contributed by atoms with E-state index in [1.54, 1.807) is 0 Å². The van der Waals surface area contributed by atoms with Crippen LogP contribution in [0, 0.1) is 12.8 Å². The van der Waals surface area contributed by atoms with Gasteiger partial charge < -0.3 is 9.52 Å². The van der Waals surface area contributed by atoms with E-state index in [1.807, 2.05) is 18.2 Å². The van der Waals surface area contributed by atoms with Crippen LogP contribution in [0.25, 0.3) is 11.0 Å². The molecule has 1 atom stereocenters. The average Bonchev–Trinajstić information content (AvgIpc) is 2.68. The van der Waals surface area contributed by atoms with Gasteiger partial charge in [-0.15, -0.1) is 0 Å². The summed E-state index contributed by atoms with van der Waals surface area (Å²) in [5.74, 6) is 1.39. The Morgan fingerprint density at radius 2 is 1.90 bits per heavy atom. The Hall–Kier alpha value is -1.28. The molecule has 0 saturated heterocycles. The molecule has 1 unspecified atom stereocenters. The van der Waals surface area contributed by atoms with Crippen molar-refractivity contribution in [1.29, 1.82) is 0 Å². The molecule has 108 valence electrons. The molecule has 1 fully saturated rings. The third-order valence-electron chi connectivity index (χ3n) is 4.55. The molecule has 2 heteroatoms. The highest BCUT2D eigenvalue weighted by atomic mass is 16.4. The van der Waals surface area contributed by atoms with Crippen molar-refractivity contribution in [1.82, 2.24) is 0 Å². The summed E-state index contributed by atoms with van der Waals surface area (Å²) >= 11 is 0. The van der Waals surface area contributed by atoms with E-state index in [2.05, 4.69) is 13.0 Å². The van der Waals surface area contributed by atoms with E-state index in [-0.39, 0.29) is 0 Å². The average molecular weight is 272 g/mol. The first kappa shape index (κ1) is 13.7. The molecule has 1 aliphatic carbocycles. The molecule has 0 amide bonds. The summed E-state index contributed by atoms with van der Waals surface area (Å²) in [7, 11) is 0. The lowest BCUT2D eigenvalue weighted by atomic mass is 9.93. The first-order chi connectivity index (χ1) is 9.72. The molecule has 1 aromatic carbocycles. The zero-order valence-corrected chi connectivity index (χ0v) is 12.3. The van der Waals surface area contributed by atoms with Crippen LogP contribution in [0.4, 0.5) is 0 Å². The number of aliphatic hydroxyl groups excluding tert-OH is 1. The van der Waals surface area contributed by atoms with Gasteiger partial charge in [-0.25, -0.2) is 0 Å². The minimum atomic E-state index is -0.453. The van der Waals surface area contributed by atoms with Crippen molar-refractivity contribution in [2.75, 3.05) is 0 Å². The largest absolute Gasteiger partial charge is 0.458 e. The zero-order valence-electron chi connectivity index (χ0n) is 12.3. The molecule has 20 heavy (non-hydrogen) atoms. The highest BCUT2D eigenvalue weighted by molar-refractivity contribution is 5.78. The van der Waals surface area contributed by atoms with Crippen molar-refractivity contribution >= 4 is 11.0 Å². The van der Waals surface area contributed by atoms with Crippen LogP contribution in [0.15, 0.2) is 28.7 Å². The Bertz CT molecular complexity index is 562. The maximum atomic E-state index is 10.4. The van der Waals surface area contributed by atoms with E-state index in [1.165, 1.54) is 44.1 Å². The van der Waals surface area contributed by atoms with Gasteiger partial charge in [0, 0.05) is 5.39 Å². The number of benzene rings is 1. The lowest BCUT2D eigenvalue weighted by Crippen LogP contribution is -2.06. The fourth-order valence-electron chi connectivity index (χ4n) is 3.38. The van der Waals surface area contributed by atoms with Gasteiger partial charge in [0.15, 0.2) is 0 Å². The van der Waals surface area contributed by atoms with E-state index < -0.39 is 6.10 Å². The molecule has 1 saturated carbocycles. The monoisotopic (exact) mass is 272 g/mol. The fraction of sp³-hybridized carbons (Fsp3) is 0.556. The van der Waals surface area contributed by atoms with E-state index in [0.29, 0.717) is 5.92 Å². The van der Waals surface area contributed by atoms with Crippen LogP contribution in [0.3, 0.4) is 0 Å². The molecule has 0 spiro atoms. The second kappa shape index (κ2) is 6.01. The molecular formula is C18H24O2. The van der Waals surface area contributed by atoms with E-state index >= 15 is 0 Å². The molecule has 1 aromatic heterocycles. The van der Waals surface area contributed by atoms with Gasteiger partial charge >= 0.3 is 0 Å². The smallest absolute Gasteiger partial charge is 0.134 e. The van der Waals surface area contributed by atoms with E-state index in [0.717, 1.165) is 23.2 Å². The molecule has 0 aliphatic heterocycles. The Morgan fingerprint density at radius 3 is 2.65 bits per heavy atom. The molecule has 2 aromatic rings. The van der Waals surface area contributed by atoms with Gasteiger partial charge in [0.25, 0.3) is 0 Å². The predicted molar refractivity (Wildman–Crippen MR) is 81.7 cm³/mol. The van der Waals surface area contributed by atoms with Gasteiger partial charge in [-0.05, 0) is 37.5 Å². The summed E-state index contributed by atoms with van der Waals surface area (Å²) in [6.45, 7) is 2.08. The van der Waals surface area contributed by atoms with E-state index in [4.69, 9.17) is 4.42 Å². The van der Waals surface area contributed by atoms with Crippen molar-refractivity contribution in [2.45, 2.75) is 58.0 Å². The molecule has 0 bridgehead atoms. The lowest BCUT2D eigenvalue weighted by Gasteiger charge is -2.16. The van der Waals surface area contributed by atoms with Gasteiger partial charge in [-0.3, -0.25) is 0 Å². The van der Waals surface area contributed by atoms with Gasteiger partial charge in [0.1, 0.15) is 17.4 Å². The zero-order chi connectivity index (χ0) is 13.9. The minimum Gasteiger partial charge on any atom is -0.458 e. The topological polar surface area (TPSA) is 33.4 Å². The molecule has 1 aliphatic rings. The van der Waals surface area contributed by atoms with Crippen LogP contribution >= 0.6 is 0 Å². The van der Waals surface area contributed by atoms with E-state index in [9.17, 15) is 5.11 Å². The summed E-state index contributed by atoms with van der Waals surface area (Å²) in [5, 5.41) is 11.5. The highest BCUT2D eigenvalue weighted by Gasteiger charge is 2.20. The SMILES string of the molecule is Cc1ccc2oc(C(O)CC3CCCCCC3)cc2c1. The Labute approximate surface area is 120 Å². The number of aliphatic hydroxyl groups is 1. The summed E-state index contributed by atoms with van der Waals surface area (Å²) in [6.07, 6.45) is 8.26. The van der Waals surface area contributed by atoms with Gasteiger partial charge in [-0.2, -0.15) is 0 Å². The maximum Gasteiger partial charge on any atom is 0.134 e. The number of aryl methyl sites for hydroxylation is 1. The van der Waals surface area contributed by atoms with Crippen molar-refractivity contribution in [3.63, 3.8) is 0 Å². The predicted octanol–water partition coefficient (Wildman–Crippen LogP) is 5.14. The number of fused-ring (bicyclic) bond motifs is 1. The molecule has 3 rings (SSSR count). The van der Waals surface area contributed by atoms with Crippen LogP contribution in [0.5, 0.6) is 0 Å². The summed E-state index contributed by atoms with van der Waals surface area (Å²) in [6, 6.07) is 8.16. The Kier molecular flexibility index (Phi) is 4.11. The highest BCUT2D eigenvalue weighted by Crippen LogP contribution is 2.33. The second-order valence-corrected chi connectivity index (χ2v) is 6.30. The summed E-state index contributed by atoms with van der Waals surface area (Å²) < 4.78 is 5.81. The summed E-state index contributed by atoms with van der Waals surface area (Å²) in [5.41, 5.74) is 2.11. The number of hydrogen-bond donors (Lipinski definition) is 1. The van der Waals surface area contributed by atoms with Gasteiger partial charge in [0.05, 0.1) is 0 Å². The minimum absolute atomic E-state index is 0.453. The molecule has 2 nitrogen and oxygen atoms in total. The van der Waals surface area contributed by atoms with Gasteiger partial charge in [-0.1, -0.05) is 50.2 Å². The summed E-state index contributed by atoms with van der Waals surface area (Å²) in [4.78, 5) is 0. The molecule has 0 radical (unpaired) electrons. The molecular weight excluding hydrogens is 248 g/mol. The van der Waals surface area contributed by atoms with Crippen LogP contribution in [0.1, 0.15) is 62.4 Å². The van der Waals surface area contributed by atoms with Gasteiger partial charge in [0.2, 0.25) is 0 Å². The second-order valence-electron chi connectivity index (χ2n) is 6.30. The third kappa shape index (κ3) is 3.06. The molecule has 1 heterocycles. The van der Waals surface area contributed by atoms with Crippen LogP contribution in [-0.4, -0.2) is 5.11 Å². The van der Waals surface area contributed by atoms with Crippen LogP contribution in [0.2, 0.25) is 0 Å². The van der Waals surface area contributed by atoms with Crippen molar-refractivity contribution in [3.8, 4) is 0 Å². The van der Waals surface area contributed by atoms with Crippen molar-refractivity contribution in [3.05, 3.63) is 35.6 Å². The van der Waals surface area contributed by atoms with Crippen LogP contribution in [-0.2, 0) is 0 Å². The third-order valence-corrected chi connectivity index (χ3v) is 4.55. The first-order valence-corrected chi connectivity index (χ1v) is 7.90. The number of rotatable bonds is 3. The van der Waals surface area contributed by atoms with Crippen molar-refractivity contribution in [2.24, 2.45) is 5.92 Å². The standard InChI is InChI=1S/C18H24O2/c1-13-8-9-17-15(10-13)12-18(20-17)16(19)11-14-6-4-2-3-5-7-14/h8-10,12,14,16,19H,2-7,11H2,1H3. The normalized spacial score (nSPS) is 19.1. The number of furan rings is 1. The fourth-order valence-corrected chi connectivity index (χ4v) is 3.38. The maximum absolute atomic E-state index is 10.4. The lowest BCUT2D eigenvalue weighted by molar-refractivity contribution is 0.117.